The summed E-state index contributed by atoms with van der Waals surface area (Å²) >= 11 is 5.92. The van der Waals surface area contributed by atoms with E-state index in [1.165, 1.54) is 0 Å². The molecule has 116 valence electrons. The molecule has 1 atom stereocenters. The first-order chi connectivity index (χ1) is 9.74. The van der Waals surface area contributed by atoms with Gasteiger partial charge in [-0.2, -0.15) is 0 Å². The van der Waals surface area contributed by atoms with Gasteiger partial charge in [0.2, 0.25) is 5.91 Å². The Morgan fingerprint density at radius 2 is 1.71 bits per heavy atom. The van der Waals surface area contributed by atoms with Crippen molar-refractivity contribution in [2.24, 2.45) is 11.8 Å². The average molecular weight is 310 g/mol. The van der Waals surface area contributed by atoms with Gasteiger partial charge in [-0.05, 0) is 29.5 Å². The lowest BCUT2D eigenvalue weighted by Gasteiger charge is -2.50. The molecule has 21 heavy (non-hydrogen) atoms. The Morgan fingerprint density at radius 3 is 2.14 bits per heavy atom. The summed E-state index contributed by atoms with van der Waals surface area (Å²) in [6.45, 7) is 8.93. The highest BCUT2D eigenvalue weighted by atomic mass is 35.5. The molecule has 0 aliphatic carbocycles. The van der Waals surface area contributed by atoms with E-state index in [2.05, 4.69) is 0 Å². The molecule has 4 heteroatoms. The first kappa shape index (κ1) is 16.3. The van der Waals surface area contributed by atoms with Gasteiger partial charge in [0.15, 0.2) is 0 Å². The van der Waals surface area contributed by atoms with Crippen molar-refractivity contribution in [3.63, 3.8) is 0 Å². The number of hydrogen-bond acceptors (Lipinski definition) is 2. The molecule has 0 radical (unpaired) electrons. The lowest BCUT2D eigenvalue weighted by Crippen LogP contribution is -2.66. The van der Waals surface area contributed by atoms with Crippen molar-refractivity contribution in [1.29, 1.82) is 0 Å². The van der Waals surface area contributed by atoms with E-state index in [1.54, 1.807) is 4.90 Å². The first-order valence-corrected chi connectivity index (χ1v) is 7.89. The molecule has 1 heterocycles. The monoisotopic (exact) mass is 309 g/mol. The number of carbonyl (C=O) groups is 1. The molecule has 3 nitrogen and oxygen atoms in total. The van der Waals surface area contributed by atoms with E-state index in [4.69, 9.17) is 11.6 Å². The lowest BCUT2D eigenvalue weighted by atomic mass is 9.80. The molecule has 1 aromatic rings. The van der Waals surface area contributed by atoms with Crippen LogP contribution in [0.25, 0.3) is 0 Å². The average Bonchev–Trinajstić information content (AvgIpc) is 2.36. The van der Waals surface area contributed by atoms with Crippen LogP contribution in [0.2, 0.25) is 5.02 Å². The third-order valence-electron chi connectivity index (χ3n) is 4.48. The Bertz CT molecular complexity index is 504. The van der Waals surface area contributed by atoms with Crippen LogP contribution < -0.4 is 0 Å². The van der Waals surface area contributed by atoms with E-state index >= 15 is 0 Å². The molecule has 0 saturated carbocycles. The van der Waals surface area contributed by atoms with Gasteiger partial charge in [0.25, 0.3) is 0 Å². The van der Waals surface area contributed by atoms with E-state index in [0.29, 0.717) is 18.1 Å². The first-order valence-electron chi connectivity index (χ1n) is 7.51. The smallest absolute Gasteiger partial charge is 0.230 e. The number of β-amino-alcohol motifs (C(OH)–C–C–N with tert-alkyl or cyclic N) is 1. The minimum absolute atomic E-state index is 0.0950. The molecule has 1 N–H and O–H groups in total. The van der Waals surface area contributed by atoms with Crippen molar-refractivity contribution in [3.05, 3.63) is 34.9 Å². The molecule has 1 unspecified atom stereocenters. The quantitative estimate of drug-likeness (QED) is 0.927. The number of halogens is 1. The van der Waals surface area contributed by atoms with E-state index < -0.39 is 5.60 Å². The summed E-state index contributed by atoms with van der Waals surface area (Å²) in [5, 5.41) is 11.0. The Morgan fingerprint density at radius 1 is 1.19 bits per heavy atom. The number of rotatable bonds is 4. The van der Waals surface area contributed by atoms with Gasteiger partial charge < -0.3 is 10.0 Å². The maximum absolute atomic E-state index is 12.7. The van der Waals surface area contributed by atoms with Crippen molar-refractivity contribution in [2.45, 2.75) is 39.2 Å². The highest BCUT2D eigenvalue weighted by Gasteiger charge is 2.47. The summed E-state index contributed by atoms with van der Waals surface area (Å²) in [5.74, 6) is 0.276. The maximum Gasteiger partial charge on any atom is 0.230 e. The topological polar surface area (TPSA) is 40.5 Å². The van der Waals surface area contributed by atoms with Crippen LogP contribution in [0.3, 0.4) is 0 Å². The second-order valence-corrected chi connectivity index (χ2v) is 7.16. The van der Waals surface area contributed by atoms with Crippen LogP contribution in [-0.4, -0.2) is 34.6 Å². The Balaban J connectivity index is 2.13. The zero-order valence-electron chi connectivity index (χ0n) is 13.1. The minimum atomic E-state index is -0.725. The van der Waals surface area contributed by atoms with Crippen LogP contribution in [-0.2, 0) is 4.79 Å². The summed E-state index contributed by atoms with van der Waals surface area (Å²) in [6.07, 6.45) is 0. The van der Waals surface area contributed by atoms with Crippen molar-refractivity contribution in [2.75, 3.05) is 13.1 Å². The van der Waals surface area contributed by atoms with Gasteiger partial charge in [-0.1, -0.05) is 51.4 Å². The molecule has 1 amide bonds. The van der Waals surface area contributed by atoms with Crippen molar-refractivity contribution < 1.29 is 9.90 Å². The fourth-order valence-corrected chi connectivity index (χ4v) is 2.94. The van der Waals surface area contributed by atoms with Crippen LogP contribution in [0, 0.1) is 11.8 Å². The maximum atomic E-state index is 12.7. The van der Waals surface area contributed by atoms with Gasteiger partial charge in [0.1, 0.15) is 5.60 Å². The number of aliphatic hydroxyl groups is 1. The summed E-state index contributed by atoms with van der Waals surface area (Å²) in [7, 11) is 0. The predicted molar refractivity (Wildman–Crippen MR) is 85.4 cm³/mol. The third-order valence-corrected chi connectivity index (χ3v) is 4.73. The highest BCUT2D eigenvalue weighted by Crippen LogP contribution is 2.34. The van der Waals surface area contributed by atoms with Gasteiger partial charge in [-0.3, -0.25) is 4.79 Å². The summed E-state index contributed by atoms with van der Waals surface area (Å²) < 4.78 is 0. The summed E-state index contributed by atoms with van der Waals surface area (Å²) in [4.78, 5) is 14.5. The van der Waals surface area contributed by atoms with E-state index in [-0.39, 0.29) is 23.7 Å². The van der Waals surface area contributed by atoms with E-state index in [0.717, 1.165) is 5.56 Å². The Hall–Kier alpha value is -1.06. The highest BCUT2D eigenvalue weighted by molar-refractivity contribution is 6.30. The molecule has 1 saturated heterocycles. The van der Waals surface area contributed by atoms with Crippen molar-refractivity contribution in [1.82, 2.24) is 4.90 Å². The number of likely N-dealkylation sites (tertiary alicyclic amines) is 1. The Kier molecular flexibility index (Phi) is 4.64. The standard InChI is InChI=1S/C17H24ClNO2/c1-11(2)15(13-5-7-14(18)8-6-13)16(20)19-9-17(21,10-19)12(3)4/h5-8,11-12,15,21H,9-10H2,1-4H3. The normalized spacial score (nSPS) is 18.8. The molecular weight excluding hydrogens is 286 g/mol. The van der Waals surface area contributed by atoms with Gasteiger partial charge >= 0.3 is 0 Å². The summed E-state index contributed by atoms with van der Waals surface area (Å²) in [6, 6.07) is 7.47. The van der Waals surface area contributed by atoms with E-state index in [1.807, 2.05) is 52.0 Å². The molecule has 1 aliphatic rings. The molecule has 2 rings (SSSR count). The largest absolute Gasteiger partial charge is 0.386 e. The second-order valence-electron chi connectivity index (χ2n) is 6.73. The van der Waals surface area contributed by atoms with Crippen LogP contribution in [0.1, 0.15) is 39.2 Å². The lowest BCUT2D eigenvalue weighted by molar-refractivity contribution is -0.166. The molecule has 1 aromatic carbocycles. The van der Waals surface area contributed by atoms with Gasteiger partial charge in [0.05, 0.1) is 19.0 Å². The minimum Gasteiger partial charge on any atom is -0.386 e. The number of carbonyl (C=O) groups excluding carboxylic acids is 1. The number of nitrogens with zero attached hydrogens (tertiary/aromatic N) is 1. The van der Waals surface area contributed by atoms with Crippen LogP contribution >= 0.6 is 11.6 Å². The summed E-state index contributed by atoms with van der Waals surface area (Å²) in [5.41, 5.74) is 0.261. The molecule has 0 bridgehead atoms. The molecule has 1 fully saturated rings. The predicted octanol–water partition coefficient (Wildman–Crippen LogP) is 3.31. The third kappa shape index (κ3) is 3.24. The molecular formula is C17H24ClNO2. The Labute approximate surface area is 131 Å². The number of hydrogen-bond donors (Lipinski definition) is 1. The zero-order chi connectivity index (χ0) is 15.8. The fourth-order valence-electron chi connectivity index (χ4n) is 2.82. The van der Waals surface area contributed by atoms with Gasteiger partial charge in [-0.25, -0.2) is 0 Å². The van der Waals surface area contributed by atoms with Crippen molar-refractivity contribution >= 4 is 17.5 Å². The number of benzene rings is 1. The molecule has 0 spiro atoms. The van der Waals surface area contributed by atoms with E-state index in [9.17, 15) is 9.90 Å². The molecule has 0 aromatic heterocycles. The van der Waals surface area contributed by atoms with Gasteiger partial charge in [-0.15, -0.1) is 0 Å². The van der Waals surface area contributed by atoms with Crippen LogP contribution in [0.4, 0.5) is 0 Å². The molecule has 1 aliphatic heterocycles. The van der Waals surface area contributed by atoms with Gasteiger partial charge in [0, 0.05) is 5.02 Å². The van der Waals surface area contributed by atoms with Crippen molar-refractivity contribution in [3.8, 4) is 0 Å². The zero-order valence-corrected chi connectivity index (χ0v) is 13.9. The number of amides is 1. The SMILES string of the molecule is CC(C)C(C(=O)N1CC(O)(C(C)C)C1)c1ccc(Cl)cc1. The second kappa shape index (κ2) is 5.98. The van der Waals surface area contributed by atoms with Crippen LogP contribution in [0.15, 0.2) is 24.3 Å². The van der Waals surface area contributed by atoms with Crippen LogP contribution in [0.5, 0.6) is 0 Å². The fraction of sp³-hybridized carbons (Fsp3) is 0.588.